The second-order valence-electron chi connectivity index (χ2n) is 7.42. The number of nitrogens with zero attached hydrogens (tertiary/aromatic N) is 2. The number of piperidine rings is 1. The second kappa shape index (κ2) is 9.04. The van der Waals surface area contributed by atoms with Crippen LogP contribution in [0.5, 0.6) is 5.75 Å². The van der Waals surface area contributed by atoms with Gasteiger partial charge in [0, 0.05) is 12.6 Å². The van der Waals surface area contributed by atoms with Gasteiger partial charge in [0.25, 0.3) is 0 Å². The van der Waals surface area contributed by atoms with E-state index in [1.165, 1.54) is 18.4 Å². The topological polar surface area (TPSA) is 67.6 Å². The first-order valence-corrected chi connectivity index (χ1v) is 9.62. The van der Waals surface area contributed by atoms with Crippen molar-refractivity contribution in [1.29, 1.82) is 0 Å². The van der Waals surface area contributed by atoms with E-state index >= 15 is 0 Å². The molecule has 6 heteroatoms. The number of rotatable bonds is 7. The van der Waals surface area contributed by atoms with Gasteiger partial charge in [-0.25, -0.2) is 0 Å². The van der Waals surface area contributed by atoms with Crippen molar-refractivity contribution in [2.75, 3.05) is 26.7 Å². The molecule has 0 radical (unpaired) electrons. The highest BCUT2D eigenvalue weighted by molar-refractivity contribution is 5.78. The van der Waals surface area contributed by atoms with Crippen molar-refractivity contribution in [1.82, 2.24) is 15.4 Å². The Bertz CT molecular complexity index is 733. The number of carbonyl (C=O) groups is 1. The fourth-order valence-electron chi connectivity index (χ4n) is 3.56. The monoisotopic (exact) mass is 371 g/mol. The van der Waals surface area contributed by atoms with Crippen molar-refractivity contribution in [3.05, 3.63) is 47.3 Å². The van der Waals surface area contributed by atoms with Crippen LogP contribution in [0.3, 0.4) is 0 Å². The van der Waals surface area contributed by atoms with Gasteiger partial charge in [-0.05, 0) is 56.5 Å². The number of likely N-dealkylation sites (tertiary alicyclic amines) is 1. The first kappa shape index (κ1) is 19.4. The molecule has 1 unspecified atom stereocenters. The molecule has 1 amide bonds. The molecule has 1 atom stereocenters. The maximum Gasteiger partial charge on any atom is 0.226 e. The fourth-order valence-corrected chi connectivity index (χ4v) is 3.56. The predicted octanol–water partition coefficient (Wildman–Crippen LogP) is 3.12. The molecule has 27 heavy (non-hydrogen) atoms. The molecule has 6 nitrogen and oxygen atoms in total. The van der Waals surface area contributed by atoms with E-state index in [1.807, 2.05) is 19.1 Å². The molecule has 0 saturated carbocycles. The smallest absolute Gasteiger partial charge is 0.226 e. The van der Waals surface area contributed by atoms with E-state index in [0.717, 1.165) is 30.5 Å². The molecule has 146 valence electrons. The van der Waals surface area contributed by atoms with Gasteiger partial charge in [0.05, 0.1) is 25.3 Å². The van der Waals surface area contributed by atoms with Crippen molar-refractivity contribution in [3.63, 3.8) is 0 Å². The number of aromatic nitrogens is 1. The summed E-state index contributed by atoms with van der Waals surface area (Å²) in [7, 11) is 1.67. The van der Waals surface area contributed by atoms with Crippen molar-refractivity contribution >= 4 is 5.91 Å². The number of aryl methyl sites for hydroxylation is 1. The largest absolute Gasteiger partial charge is 0.497 e. The van der Waals surface area contributed by atoms with E-state index in [-0.39, 0.29) is 18.4 Å². The number of hydrogen-bond donors (Lipinski definition) is 1. The fraction of sp³-hybridized carbons (Fsp3) is 0.524. The molecule has 1 aliphatic rings. The predicted molar refractivity (Wildman–Crippen MR) is 104 cm³/mol. The molecular formula is C21H29N3O3. The average Bonchev–Trinajstić information content (AvgIpc) is 3.08. The maximum absolute atomic E-state index is 12.4. The van der Waals surface area contributed by atoms with Gasteiger partial charge in [0.15, 0.2) is 0 Å². The van der Waals surface area contributed by atoms with E-state index in [0.29, 0.717) is 12.2 Å². The van der Waals surface area contributed by atoms with Gasteiger partial charge in [0.1, 0.15) is 11.5 Å². The highest BCUT2D eigenvalue weighted by Crippen LogP contribution is 2.27. The summed E-state index contributed by atoms with van der Waals surface area (Å²) in [6.07, 6.45) is 2.63. The summed E-state index contributed by atoms with van der Waals surface area (Å²) in [5.74, 6) is 2.29. The molecule has 0 aliphatic carbocycles. The zero-order chi connectivity index (χ0) is 19.2. The summed E-state index contributed by atoms with van der Waals surface area (Å²) in [5.41, 5.74) is 1.86. The number of amides is 1. The number of hydrogen-bond acceptors (Lipinski definition) is 5. The molecule has 1 N–H and O–H groups in total. The molecule has 1 fully saturated rings. The van der Waals surface area contributed by atoms with Gasteiger partial charge in [-0.2, -0.15) is 0 Å². The lowest BCUT2D eigenvalue weighted by Gasteiger charge is -2.37. The van der Waals surface area contributed by atoms with Crippen LogP contribution >= 0.6 is 0 Å². The number of ether oxygens (including phenoxy) is 1. The molecule has 1 aromatic carbocycles. The number of carbonyl (C=O) groups excluding carboxylic acids is 1. The average molecular weight is 371 g/mol. The SMILES string of the molecule is COc1ccc(C(CNC(=O)Cc2cc(C)on2)N2CCC(C)CC2)cc1. The van der Waals surface area contributed by atoms with E-state index in [2.05, 4.69) is 34.4 Å². The Labute approximate surface area is 160 Å². The standard InChI is InChI=1S/C21H29N3O3/c1-15-8-10-24(11-9-15)20(17-4-6-19(26-3)7-5-17)14-22-21(25)13-18-12-16(2)27-23-18/h4-7,12,15,20H,8-11,13-14H2,1-3H3,(H,22,25). The third kappa shape index (κ3) is 5.32. The van der Waals surface area contributed by atoms with Crippen LogP contribution in [0.4, 0.5) is 0 Å². The molecule has 2 aromatic rings. The lowest BCUT2D eigenvalue weighted by Crippen LogP contribution is -2.42. The van der Waals surface area contributed by atoms with Crippen LogP contribution in [-0.2, 0) is 11.2 Å². The van der Waals surface area contributed by atoms with Crippen LogP contribution in [0.1, 0.15) is 42.8 Å². The van der Waals surface area contributed by atoms with Crippen LogP contribution < -0.4 is 10.1 Å². The van der Waals surface area contributed by atoms with Crippen LogP contribution in [0.25, 0.3) is 0 Å². The quantitative estimate of drug-likeness (QED) is 0.810. The molecule has 1 aromatic heterocycles. The number of methoxy groups -OCH3 is 1. The minimum Gasteiger partial charge on any atom is -0.497 e. The van der Waals surface area contributed by atoms with Crippen molar-refractivity contribution < 1.29 is 14.1 Å². The van der Waals surface area contributed by atoms with E-state index in [4.69, 9.17) is 9.26 Å². The Morgan fingerprint density at radius 3 is 2.63 bits per heavy atom. The first-order valence-electron chi connectivity index (χ1n) is 9.62. The van der Waals surface area contributed by atoms with Gasteiger partial charge in [-0.15, -0.1) is 0 Å². The lowest BCUT2D eigenvalue weighted by atomic mass is 9.95. The van der Waals surface area contributed by atoms with Crippen LogP contribution in [0.2, 0.25) is 0 Å². The Hall–Kier alpha value is -2.34. The Kier molecular flexibility index (Phi) is 6.50. The zero-order valence-electron chi connectivity index (χ0n) is 16.4. The lowest BCUT2D eigenvalue weighted by molar-refractivity contribution is -0.120. The van der Waals surface area contributed by atoms with Gasteiger partial charge >= 0.3 is 0 Å². The highest BCUT2D eigenvalue weighted by Gasteiger charge is 2.25. The van der Waals surface area contributed by atoms with Crippen molar-refractivity contribution in [2.45, 2.75) is 39.2 Å². The molecule has 1 aliphatic heterocycles. The highest BCUT2D eigenvalue weighted by atomic mass is 16.5. The second-order valence-corrected chi connectivity index (χ2v) is 7.42. The van der Waals surface area contributed by atoms with Gasteiger partial charge in [-0.3, -0.25) is 9.69 Å². The van der Waals surface area contributed by atoms with Crippen molar-refractivity contribution in [3.8, 4) is 5.75 Å². The third-order valence-corrected chi connectivity index (χ3v) is 5.27. The maximum atomic E-state index is 12.4. The summed E-state index contributed by atoms with van der Waals surface area (Å²) in [4.78, 5) is 14.8. The molecule has 2 heterocycles. The molecule has 0 bridgehead atoms. The summed E-state index contributed by atoms with van der Waals surface area (Å²) in [5, 5.41) is 6.98. The molecular weight excluding hydrogens is 342 g/mol. The molecule has 3 rings (SSSR count). The number of nitrogens with one attached hydrogen (secondary N) is 1. The van der Waals surface area contributed by atoms with E-state index in [1.54, 1.807) is 13.2 Å². The van der Waals surface area contributed by atoms with Crippen LogP contribution in [0, 0.1) is 12.8 Å². The Morgan fingerprint density at radius 1 is 1.33 bits per heavy atom. The van der Waals surface area contributed by atoms with Gasteiger partial charge < -0.3 is 14.6 Å². The summed E-state index contributed by atoms with van der Waals surface area (Å²) < 4.78 is 10.3. The Morgan fingerprint density at radius 2 is 2.04 bits per heavy atom. The van der Waals surface area contributed by atoms with E-state index < -0.39 is 0 Å². The third-order valence-electron chi connectivity index (χ3n) is 5.27. The summed E-state index contributed by atoms with van der Waals surface area (Å²) >= 11 is 0. The van der Waals surface area contributed by atoms with Gasteiger partial charge in [-0.1, -0.05) is 24.2 Å². The minimum atomic E-state index is -0.0350. The zero-order valence-corrected chi connectivity index (χ0v) is 16.4. The Balaban J connectivity index is 1.66. The summed E-state index contributed by atoms with van der Waals surface area (Å²) in [6.45, 7) is 6.82. The summed E-state index contributed by atoms with van der Waals surface area (Å²) in [6, 6.07) is 10.1. The van der Waals surface area contributed by atoms with Crippen LogP contribution in [-0.4, -0.2) is 42.7 Å². The minimum absolute atomic E-state index is 0.0350. The number of benzene rings is 1. The molecule has 0 spiro atoms. The van der Waals surface area contributed by atoms with Crippen LogP contribution in [0.15, 0.2) is 34.9 Å². The molecule has 1 saturated heterocycles. The van der Waals surface area contributed by atoms with Gasteiger partial charge in [0.2, 0.25) is 5.91 Å². The van der Waals surface area contributed by atoms with Crippen molar-refractivity contribution in [2.24, 2.45) is 5.92 Å². The first-order chi connectivity index (χ1) is 13.0. The van der Waals surface area contributed by atoms with E-state index in [9.17, 15) is 4.79 Å². The normalized spacial score (nSPS) is 16.9.